The second-order valence-electron chi connectivity index (χ2n) is 7.28. The second kappa shape index (κ2) is 9.55. The zero-order chi connectivity index (χ0) is 22.7. The molecule has 2 aromatic rings. The average Bonchev–Trinajstić information content (AvgIpc) is 3.31. The van der Waals surface area contributed by atoms with Crippen LogP contribution in [-0.2, 0) is 9.59 Å². The molecule has 1 aliphatic carbocycles. The number of ether oxygens (including phenoxy) is 1. The number of allylic oxidation sites excluding steroid dienone is 3. The average molecular weight is 470 g/mol. The Morgan fingerprint density at radius 3 is 2.97 bits per heavy atom. The van der Waals surface area contributed by atoms with Gasteiger partial charge in [0, 0.05) is 22.7 Å². The third kappa shape index (κ3) is 4.40. The van der Waals surface area contributed by atoms with Crippen LogP contribution in [0.4, 0.5) is 5.69 Å². The highest BCUT2D eigenvalue weighted by Crippen LogP contribution is 2.44. The second-order valence-corrected chi connectivity index (χ2v) is 8.70. The number of nitriles is 1. The van der Waals surface area contributed by atoms with Gasteiger partial charge in [-0.25, -0.2) is 0 Å². The van der Waals surface area contributed by atoms with Gasteiger partial charge in [-0.2, -0.15) is 5.26 Å². The SMILES string of the molecule is COc1ccc(Cl)cc1NC(=O)CSC1=C(C#N)C(c2ccco2)C2=C(CCCC2=O)N1. The zero-order valence-corrected chi connectivity index (χ0v) is 18.8. The van der Waals surface area contributed by atoms with Crippen molar-refractivity contribution in [3.8, 4) is 11.8 Å². The predicted octanol–water partition coefficient (Wildman–Crippen LogP) is 4.74. The molecule has 0 bridgehead atoms. The molecule has 1 unspecified atom stereocenters. The first-order valence-electron chi connectivity index (χ1n) is 9.99. The van der Waals surface area contributed by atoms with Crippen LogP contribution in [0.2, 0.25) is 5.02 Å². The minimum atomic E-state index is -0.572. The first-order chi connectivity index (χ1) is 15.5. The van der Waals surface area contributed by atoms with Gasteiger partial charge in [0.2, 0.25) is 5.91 Å². The molecule has 0 saturated carbocycles. The van der Waals surface area contributed by atoms with Crippen LogP contribution < -0.4 is 15.4 Å². The van der Waals surface area contributed by atoms with E-state index in [0.717, 1.165) is 12.1 Å². The number of Topliss-reactive ketones (excluding diaryl/α,β-unsaturated/α-hetero) is 1. The molecule has 9 heteroatoms. The van der Waals surface area contributed by atoms with Crippen molar-refractivity contribution in [1.29, 1.82) is 5.26 Å². The Kier molecular flexibility index (Phi) is 6.58. The first kappa shape index (κ1) is 22.1. The number of furan rings is 1. The lowest BCUT2D eigenvalue weighted by atomic mass is 9.79. The molecule has 1 atom stereocenters. The lowest BCUT2D eigenvalue weighted by Crippen LogP contribution is -2.31. The van der Waals surface area contributed by atoms with Gasteiger partial charge in [-0.1, -0.05) is 23.4 Å². The Labute approximate surface area is 194 Å². The minimum Gasteiger partial charge on any atom is -0.495 e. The summed E-state index contributed by atoms with van der Waals surface area (Å²) in [4.78, 5) is 25.3. The van der Waals surface area contributed by atoms with Gasteiger partial charge in [0.25, 0.3) is 0 Å². The van der Waals surface area contributed by atoms with Gasteiger partial charge >= 0.3 is 0 Å². The van der Waals surface area contributed by atoms with Crippen LogP contribution in [0.5, 0.6) is 5.75 Å². The Bertz CT molecular complexity index is 1160. The van der Waals surface area contributed by atoms with E-state index in [1.165, 1.54) is 25.1 Å². The number of methoxy groups -OCH3 is 1. The Hall–Kier alpha value is -3.15. The van der Waals surface area contributed by atoms with E-state index in [4.69, 9.17) is 20.8 Å². The van der Waals surface area contributed by atoms with Crippen molar-refractivity contribution in [3.63, 3.8) is 0 Å². The summed E-state index contributed by atoms with van der Waals surface area (Å²) in [7, 11) is 1.51. The highest BCUT2D eigenvalue weighted by atomic mass is 35.5. The quantitative estimate of drug-likeness (QED) is 0.629. The van der Waals surface area contributed by atoms with Gasteiger partial charge in [0.15, 0.2) is 5.78 Å². The molecule has 0 fully saturated rings. The van der Waals surface area contributed by atoms with Crippen molar-refractivity contribution < 1.29 is 18.7 Å². The monoisotopic (exact) mass is 469 g/mol. The van der Waals surface area contributed by atoms with Crippen molar-refractivity contribution in [2.45, 2.75) is 25.2 Å². The summed E-state index contributed by atoms with van der Waals surface area (Å²) < 4.78 is 10.8. The number of hydrogen-bond acceptors (Lipinski definition) is 7. The van der Waals surface area contributed by atoms with Gasteiger partial charge in [-0.05, 0) is 43.2 Å². The number of dihydropyridines is 1. The summed E-state index contributed by atoms with van der Waals surface area (Å²) in [6, 6.07) is 10.7. The molecule has 0 saturated heterocycles. The summed E-state index contributed by atoms with van der Waals surface area (Å²) in [6.07, 6.45) is 3.42. The van der Waals surface area contributed by atoms with Crippen molar-refractivity contribution in [1.82, 2.24) is 5.32 Å². The molecule has 1 aliphatic heterocycles. The van der Waals surface area contributed by atoms with E-state index in [1.54, 1.807) is 30.3 Å². The Morgan fingerprint density at radius 2 is 2.25 bits per heavy atom. The van der Waals surface area contributed by atoms with Crippen molar-refractivity contribution >= 4 is 40.7 Å². The number of benzene rings is 1. The molecule has 2 aliphatic rings. The standard InChI is InChI=1S/C23H20ClN3O4S/c1-30-18-8-7-13(24)10-16(18)26-20(29)12-32-23-14(11-25)21(19-6-3-9-31-19)22-15(27-23)4-2-5-17(22)28/h3,6-10,21,27H,2,4-5,12H2,1H3,(H,26,29). The van der Waals surface area contributed by atoms with E-state index in [0.29, 0.717) is 51.2 Å². The summed E-state index contributed by atoms with van der Waals surface area (Å²) in [5.41, 5.74) is 2.21. The smallest absolute Gasteiger partial charge is 0.234 e. The maximum absolute atomic E-state index is 12.7. The third-order valence-electron chi connectivity index (χ3n) is 5.27. The largest absolute Gasteiger partial charge is 0.495 e. The molecule has 1 aromatic carbocycles. The van der Waals surface area contributed by atoms with Crippen molar-refractivity contribution in [2.24, 2.45) is 0 Å². The topological polar surface area (TPSA) is 104 Å². The number of halogens is 1. The summed E-state index contributed by atoms with van der Waals surface area (Å²) >= 11 is 7.23. The van der Waals surface area contributed by atoms with Crippen molar-refractivity contribution in [3.05, 3.63) is 69.3 Å². The molecule has 7 nitrogen and oxygen atoms in total. The fourth-order valence-electron chi connectivity index (χ4n) is 3.88. The number of thioether (sulfide) groups is 1. The molecule has 1 aromatic heterocycles. The predicted molar refractivity (Wildman–Crippen MR) is 122 cm³/mol. The lowest BCUT2D eigenvalue weighted by Gasteiger charge is -2.32. The molecule has 164 valence electrons. The number of carbonyl (C=O) groups excluding carboxylic acids is 2. The van der Waals surface area contributed by atoms with Crippen LogP contribution in [0.15, 0.2) is 62.9 Å². The molecular weight excluding hydrogens is 450 g/mol. The molecule has 2 heterocycles. The third-order valence-corrected chi connectivity index (χ3v) is 6.53. The van der Waals surface area contributed by atoms with Gasteiger partial charge < -0.3 is 19.8 Å². The van der Waals surface area contributed by atoms with E-state index < -0.39 is 5.92 Å². The number of rotatable bonds is 6. The highest BCUT2D eigenvalue weighted by molar-refractivity contribution is 8.03. The maximum Gasteiger partial charge on any atom is 0.234 e. The number of amides is 1. The van der Waals surface area contributed by atoms with Crippen LogP contribution in [-0.4, -0.2) is 24.6 Å². The Balaban J connectivity index is 1.57. The fraction of sp³-hybridized carbons (Fsp3) is 0.261. The van der Waals surface area contributed by atoms with Gasteiger partial charge in [0.05, 0.1) is 47.4 Å². The highest BCUT2D eigenvalue weighted by Gasteiger charge is 2.38. The molecule has 0 spiro atoms. The fourth-order valence-corrected chi connectivity index (χ4v) is 4.91. The van der Waals surface area contributed by atoms with Gasteiger partial charge in [-0.15, -0.1) is 0 Å². The number of carbonyl (C=O) groups is 2. The first-order valence-corrected chi connectivity index (χ1v) is 11.3. The minimum absolute atomic E-state index is 0.0164. The van der Waals surface area contributed by atoms with Crippen LogP contribution in [0, 0.1) is 11.3 Å². The molecule has 4 rings (SSSR count). The van der Waals surface area contributed by atoms with E-state index >= 15 is 0 Å². The normalized spacial score (nSPS) is 18.0. The van der Waals surface area contributed by atoms with Crippen LogP contribution in [0.3, 0.4) is 0 Å². The van der Waals surface area contributed by atoms with Gasteiger partial charge in [-0.3, -0.25) is 9.59 Å². The molecule has 2 N–H and O–H groups in total. The van der Waals surface area contributed by atoms with Crippen molar-refractivity contribution in [2.75, 3.05) is 18.2 Å². The summed E-state index contributed by atoms with van der Waals surface area (Å²) in [5.74, 6) is 0.243. The van der Waals surface area contributed by atoms with E-state index in [9.17, 15) is 14.9 Å². The number of nitrogens with one attached hydrogen (secondary N) is 2. The lowest BCUT2D eigenvalue weighted by molar-refractivity contribution is -0.116. The number of ketones is 1. The molecular formula is C23H20ClN3O4S. The van der Waals surface area contributed by atoms with Crippen LogP contribution >= 0.6 is 23.4 Å². The number of nitrogens with zero attached hydrogens (tertiary/aromatic N) is 1. The van der Waals surface area contributed by atoms with E-state index in [-0.39, 0.29) is 17.4 Å². The van der Waals surface area contributed by atoms with Crippen LogP contribution in [0.25, 0.3) is 0 Å². The van der Waals surface area contributed by atoms with E-state index in [2.05, 4.69) is 16.7 Å². The summed E-state index contributed by atoms with van der Waals surface area (Å²) in [5, 5.41) is 17.0. The maximum atomic E-state index is 12.7. The van der Waals surface area contributed by atoms with Gasteiger partial charge in [0.1, 0.15) is 11.5 Å². The summed E-state index contributed by atoms with van der Waals surface area (Å²) in [6.45, 7) is 0. The van der Waals surface area contributed by atoms with E-state index in [1.807, 2.05) is 0 Å². The van der Waals surface area contributed by atoms with Crippen LogP contribution in [0.1, 0.15) is 30.9 Å². The number of hydrogen-bond donors (Lipinski definition) is 2. The molecule has 1 amide bonds. The Morgan fingerprint density at radius 1 is 1.41 bits per heavy atom. The zero-order valence-electron chi connectivity index (χ0n) is 17.2. The number of anilines is 1. The molecule has 32 heavy (non-hydrogen) atoms. The molecule has 0 radical (unpaired) electrons.